The zero-order chi connectivity index (χ0) is 24.3. The number of carbonyl (C=O) groups excluding carboxylic acids is 1. The van der Waals surface area contributed by atoms with E-state index in [4.69, 9.17) is 0 Å². The van der Waals surface area contributed by atoms with Crippen molar-refractivity contribution in [3.63, 3.8) is 0 Å². The molecule has 0 spiro atoms. The second-order valence-electron chi connectivity index (χ2n) is 8.75. The zero-order valence-electron chi connectivity index (χ0n) is 19.7. The topological polar surface area (TPSA) is 85.2 Å². The summed E-state index contributed by atoms with van der Waals surface area (Å²) in [5.41, 5.74) is 2.99. The van der Waals surface area contributed by atoms with Crippen molar-refractivity contribution in [2.45, 2.75) is 50.9 Å². The first-order chi connectivity index (χ1) is 16.3. The highest BCUT2D eigenvalue weighted by atomic mass is 32.2. The quantitative estimate of drug-likeness (QED) is 0.434. The SMILES string of the molecule is CC[C@@H](C)N(C(=O)CSc1nnc(-c2cccc(C)c2)n1-c1ccccc1)[C@@H]1CCS(=O)(=O)C1. The lowest BCUT2D eigenvalue weighted by molar-refractivity contribution is -0.132. The number of benzene rings is 2. The lowest BCUT2D eigenvalue weighted by atomic mass is 10.1. The monoisotopic (exact) mass is 498 g/mol. The van der Waals surface area contributed by atoms with Gasteiger partial charge in [0.25, 0.3) is 0 Å². The van der Waals surface area contributed by atoms with Crippen molar-refractivity contribution >= 4 is 27.5 Å². The Balaban J connectivity index is 1.62. The van der Waals surface area contributed by atoms with E-state index in [1.54, 1.807) is 4.90 Å². The molecule has 180 valence electrons. The highest BCUT2D eigenvalue weighted by molar-refractivity contribution is 7.99. The molecule has 9 heteroatoms. The average Bonchev–Trinajstić information content (AvgIpc) is 3.41. The van der Waals surface area contributed by atoms with Gasteiger partial charge >= 0.3 is 0 Å². The number of sulfone groups is 1. The van der Waals surface area contributed by atoms with Crippen molar-refractivity contribution < 1.29 is 13.2 Å². The van der Waals surface area contributed by atoms with Crippen LogP contribution in [0.5, 0.6) is 0 Å². The highest BCUT2D eigenvalue weighted by Gasteiger charge is 2.36. The molecule has 7 nitrogen and oxygen atoms in total. The Morgan fingerprint density at radius 1 is 1.18 bits per heavy atom. The summed E-state index contributed by atoms with van der Waals surface area (Å²) in [7, 11) is -3.08. The molecule has 1 fully saturated rings. The molecule has 2 heterocycles. The third-order valence-corrected chi connectivity index (χ3v) is 8.87. The number of carbonyl (C=O) groups is 1. The smallest absolute Gasteiger partial charge is 0.233 e. The van der Waals surface area contributed by atoms with Gasteiger partial charge in [-0.25, -0.2) is 8.42 Å². The molecule has 0 aliphatic carbocycles. The van der Waals surface area contributed by atoms with E-state index >= 15 is 0 Å². The summed E-state index contributed by atoms with van der Waals surface area (Å²) >= 11 is 1.33. The molecule has 34 heavy (non-hydrogen) atoms. The summed E-state index contributed by atoms with van der Waals surface area (Å²) in [5, 5.41) is 9.51. The Morgan fingerprint density at radius 2 is 1.94 bits per heavy atom. The van der Waals surface area contributed by atoms with Gasteiger partial charge in [-0.05, 0) is 44.9 Å². The van der Waals surface area contributed by atoms with Gasteiger partial charge in [0.15, 0.2) is 20.8 Å². The molecule has 1 aromatic heterocycles. The first kappa shape index (κ1) is 24.5. The molecular weight excluding hydrogens is 468 g/mol. The van der Waals surface area contributed by atoms with Crippen molar-refractivity contribution in [1.82, 2.24) is 19.7 Å². The number of nitrogens with zero attached hydrogens (tertiary/aromatic N) is 4. The molecular formula is C25H30N4O3S2. The van der Waals surface area contributed by atoms with Gasteiger partial charge in [0, 0.05) is 23.3 Å². The second-order valence-corrected chi connectivity index (χ2v) is 11.9. The van der Waals surface area contributed by atoms with E-state index in [2.05, 4.69) is 16.3 Å². The standard InChI is InChI=1S/C25H30N4O3S2/c1-4-19(3)28(22-13-14-34(31,32)17-22)23(30)16-33-25-27-26-24(20-10-8-9-18(2)15-20)29(25)21-11-6-5-7-12-21/h5-12,15,19,22H,4,13-14,16-17H2,1-3H3/t19-,22-/m1/s1. The fourth-order valence-corrected chi connectivity index (χ4v) is 6.88. The van der Waals surface area contributed by atoms with E-state index in [0.29, 0.717) is 17.4 Å². The molecule has 1 saturated heterocycles. The van der Waals surface area contributed by atoms with E-state index in [-0.39, 0.29) is 35.2 Å². The van der Waals surface area contributed by atoms with Gasteiger partial charge in [0.05, 0.1) is 17.3 Å². The normalized spacial score (nSPS) is 18.0. The molecule has 0 bridgehead atoms. The molecule has 2 aromatic carbocycles. The first-order valence-electron chi connectivity index (χ1n) is 11.5. The van der Waals surface area contributed by atoms with Gasteiger partial charge < -0.3 is 4.90 Å². The lowest BCUT2D eigenvalue weighted by Crippen LogP contribution is -2.47. The van der Waals surface area contributed by atoms with E-state index in [0.717, 1.165) is 23.2 Å². The molecule has 1 aliphatic rings. The molecule has 0 unspecified atom stereocenters. The molecule has 3 aromatic rings. The Kier molecular flexibility index (Phi) is 7.42. The molecule has 1 amide bonds. The van der Waals surface area contributed by atoms with Crippen molar-refractivity contribution in [2.24, 2.45) is 0 Å². The molecule has 0 saturated carbocycles. The third kappa shape index (κ3) is 5.36. The number of hydrogen-bond acceptors (Lipinski definition) is 6. The number of hydrogen-bond donors (Lipinski definition) is 0. The Bertz CT molecular complexity index is 1260. The van der Waals surface area contributed by atoms with Crippen molar-refractivity contribution in [2.75, 3.05) is 17.3 Å². The van der Waals surface area contributed by atoms with E-state index in [9.17, 15) is 13.2 Å². The van der Waals surface area contributed by atoms with Crippen LogP contribution in [0.3, 0.4) is 0 Å². The maximum Gasteiger partial charge on any atom is 0.233 e. The minimum absolute atomic E-state index is 0.0266. The first-order valence-corrected chi connectivity index (χ1v) is 14.3. The number of amides is 1. The highest BCUT2D eigenvalue weighted by Crippen LogP contribution is 2.29. The minimum Gasteiger partial charge on any atom is -0.335 e. The van der Waals surface area contributed by atoms with Crippen LogP contribution in [-0.4, -0.2) is 63.3 Å². The van der Waals surface area contributed by atoms with Crippen LogP contribution in [-0.2, 0) is 14.6 Å². The number of rotatable bonds is 8. The molecule has 0 N–H and O–H groups in total. The van der Waals surface area contributed by atoms with Crippen LogP contribution in [0.25, 0.3) is 17.1 Å². The van der Waals surface area contributed by atoms with Crippen LogP contribution < -0.4 is 0 Å². The zero-order valence-corrected chi connectivity index (χ0v) is 21.3. The molecule has 2 atom stereocenters. The number of para-hydroxylation sites is 1. The van der Waals surface area contributed by atoms with Gasteiger partial charge in [-0.15, -0.1) is 10.2 Å². The lowest BCUT2D eigenvalue weighted by Gasteiger charge is -2.33. The fourth-order valence-electron chi connectivity index (χ4n) is 4.35. The van der Waals surface area contributed by atoms with Crippen molar-refractivity contribution in [3.8, 4) is 17.1 Å². The summed E-state index contributed by atoms with van der Waals surface area (Å²) < 4.78 is 26.1. The summed E-state index contributed by atoms with van der Waals surface area (Å²) in [6.45, 7) is 6.03. The number of aryl methyl sites for hydroxylation is 1. The van der Waals surface area contributed by atoms with E-state index in [1.807, 2.05) is 73.9 Å². The predicted molar refractivity (Wildman–Crippen MR) is 136 cm³/mol. The van der Waals surface area contributed by atoms with Gasteiger partial charge in [-0.3, -0.25) is 9.36 Å². The summed E-state index contributed by atoms with van der Waals surface area (Å²) in [6.07, 6.45) is 1.27. The fraction of sp³-hybridized carbons (Fsp3) is 0.400. The minimum atomic E-state index is -3.08. The Hall–Kier alpha value is -2.65. The van der Waals surface area contributed by atoms with Crippen LogP contribution in [0.15, 0.2) is 59.8 Å². The van der Waals surface area contributed by atoms with Gasteiger partial charge in [0.2, 0.25) is 5.91 Å². The van der Waals surface area contributed by atoms with Crippen molar-refractivity contribution in [1.29, 1.82) is 0 Å². The van der Waals surface area contributed by atoms with Crippen LogP contribution in [0, 0.1) is 6.92 Å². The van der Waals surface area contributed by atoms with Crippen LogP contribution in [0.4, 0.5) is 0 Å². The third-order valence-electron chi connectivity index (χ3n) is 6.20. The molecule has 4 rings (SSSR count). The predicted octanol–water partition coefficient (Wildman–Crippen LogP) is 4.15. The van der Waals surface area contributed by atoms with Crippen molar-refractivity contribution in [3.05, 3.63) is 60.2 Å². The van der Waals surface area contributed by atoms with Gasteiger partial charge in [-0.2, -0.15) is 0 Å². The number of thioether (sulfide) groups is 1. The van der Waals surface area contributed by atoms with E-state index < -0.39 is 9.84 Å². The summed E-state index contributed by atoms with van der Waals surface area (Å²) in [6, 6.07) is 17.7. The van der Waals surface area contributed by atoms with E-state index in [1.165, 1.54) is 11.8 Å². The van der Waals surface area contributed by atoms with Gasteiger partial charge in [0.1, 0.15) is 0 Å². The molecule has 1 aliphatic heterocycles. The Labute approximate surface area is 205 Å². The largest absolute Gasteiger partial charge is 0.335 e. The van der Waals surface area contributed by atoms with Crippen LogP contribution in [0.2, 0.25) is 0 Å². The maximum atomic E-state index is 13.3. The molecule has 0 radical (unpaired) electrons. The van der Waals surface area contributed by atoms with Crippen LogP contribution in [0.1, 0.15) is 32.3 Å². The number of aromatic nitrogens is 3. The van der Waals surface area contributed by atoms with Gasteiger partial charge in [-0.1, -0.05) is 60.6 Å². The summed E-state index contributed by atoms with van der Waals surface area (Å²) in [4.78, 5) is 15.1. The van der Waals surface area contributed by atoms with Crippen LogP contribution >= 0.6 is 11.8 Å². The Morgan fingerprint density at radius 3 is 2.59 bits per heavy atom. The summed E-state index contributed by atoms with van der Waals surface area (Å²) in [5.74, 6) is 1.00. The average molecular weight is 499 g/mol. The second kappa shape index (κ2) is 10.3. The maximum absolute atomic E-state index is 13.3.